The van der Waals surface area contributed by atoms with Gasteiger partial charge < -0.3 is 10.2 Å². The fraction of sp³-hybridized carbons (Fsp3) is 0.478. The highest BCUT2D eigenvalue weighted by atomic mass is 32.1. The third-order valence-corrected chi connectivity index (χ3v) is 6.88. The number of anilines is 1. The minimum absolute atomic E-state index is 0.0624. The maximum absolute atomic E-state index is 13.4. The first-order valence-electron chi connectivity index (χ1n) is 10.8. The Labute approximate surface area is 186 Å². The lowest BCUT2D eigenvalue weighted by atomic mass is 9.95. The minimum atomic E-state index is -0.420. The van der Waals surface area contributed by atoms with Crippen molar-refractivity contribution < 1.29 is 14.4 Å². The summed E-state index contributed by atoms with van der Waals surface area (Å²) in [5.74, 6) is -0.235. The molecule has 7 nitrogen and oxygen atoms in total. The second-order valence-corrected chi connectivity index (χ2v) is 9.58. The lowest BCUT2D eigenvalue weighted by molar-refractivity contribution is -0.125. The van der Waals surface area contributed by atoms with E-state index in [4.69, 9.17) is 0 Å². The first kappa shape index (κ1) is 21.5. The Morgan fingerprint density at radius 3 is 2.77 bits per heavy atom. The number of hydrogen-bond donors (Lipinski definition) is 1. The van der Waals surface area contributed by atoms with Gasteiger partial charge >= 0.3 is 0 Å². The number of rotatable bonds is 6. The number of amides is 3. The molecule has 2 aliphatic heterocycles. The Bertz CT molecular complexity index is 989. The van der Waals surface area contributed by atoms with Crippen molar-refractivity contribution in [2.24, 2.45) is 11.8 Å². The molecule has 0 aliphatic carbocycles. The van der Waals surface area contributed by atoms with Gasteiger partial charge in [-0.25, -0.2) is 4.98 Å². The van der Waals surface area contributed by atoms with E-state index in [1.807, 2.05) is 24.4 Å². The standard InChI is InChI=1S/C23H28N4O3S/c1-14(2)12-25-20(28)16-6-5-10-26(13-16)18-8-4-7-17-19(18)23(30)27(22(17)29)15(3)21-24-9-11-31-21/h4,7-9,11,14-16H,5-6,10,12-13H2,1-3H3,(H,25,28)/t15-,16-/m0/s1. The monoisotopic (exact) mass is 440 g/mol. The first-order valence-corrected chi connectivity index (χ1v) is 11.7. The minimum Gasteiger partial charge on any atom is -0.370 e. The van der Waals surface area contributed by atoms with Gasteiger partial charge in [-0.15, -0.1) is 11.3 Å². The zero-order valence-corrected chi connectivity index (χ0v) is 18.9. The van der Waals surface area contributed by atoms with Crippen molar-refractivity contribution in [1.29, 1.82) is 0 Å². The van der Waals surface area contributed by atoms with Crippen LogP contribution in [0.1, 0.15) is 65.4 Å². The van der Waals surface area contributed by atoms with Crippen molar-refractivity contribution in [1.82, 2.24) is 15.2 Å². The Kier molecular flexibility index (Phi) is 6.09. The predicted octanol–water partition coefficient (Wildman–Crippen LogP) is 3.49. The lowest BCUT2D eigenvalue weighted by Crippen LogP contribution is -2.44. The molecule has 0 bridgehead atoms. The SMILES string of the molecule is CC(C)CNC(=O)[C@H]1CCCN(c2cccc3c2C(=O)N([C@@H](C)c2nccs2)C3=O)C1. The van der Waals surface area contributed by atoms with E-state index in [1.165, 1.54) is 16.2 Å². The topological polar surface area (TPSA) is 82.6 Å². The van der Waals surface area contributed by atoms with Crippen molar-refractivity contribution in [3.05, 3.63) is 45.9 Å². The van der Waals surface area contributed by atoms with Crippen LogP contribution in [0.15, 0.2) is 29.8 Å². The number of carbonyl (C=O) groups excluding carboxylic acids is 3. The average molecular weight is 441 g/mol. The normalized spacial score (nSPS) is 19.7. The molecule has 1 N–H and O–H groups in total. The van der Waals surface area contributed by atoms with Gasteiger partial charge in [0, 0.05) is 31.2 Å². The molecule has 1 saturated heterocycles. The lowest BCUT2D eigenvalue weighted by Gasteiger charge is -2.34. The molecule has 8 heteroatoms. The van der Waals surface area contributed by atoms with E-state index in [0.717, 1.165) is 30.1 Å². The summed E-state index contributed by atoms with van der Waals surface area (Å²) in [6, 6.07) is 5.00. The Morgan fingerprint density at radius 2 is 2.06 bits per heavy atom. The molecular formula is C23H28N4O3S. The van der Waals surface area contributed by atoms with Gasteiger partial charge in [-0.3, -0.25) is 19.3 Å². The summed E-state index contributed by atoms with van der Waals surface area (Å²) in [5, 5.41) is 5.60. The smallest absolute Gasteiger partial charge is 0.264 e. The van der Waals surface area contributed by atoms with E-state index in [2.05, 4.69) is 29.0 Å². The van der Waals surface area contributed by atoms with Crippen LogP contribution in [-0.4, -0.2) is 47.2 Å². The van der Waals surface area contributed by atoms with Gasteiger partial charge in [0.25, 0.3) is 11.8 Å². The quantitative estimate of drug-likeness (QED) is 0.696. The number of imide groups is 1. The number of nitrogens with zero attached hydrogens (tertiary/aromatic N) is 3. The van der Waals surface area contributed by atoms with Crippen molar-refractivity contribution in [3.63, 3.8) is 0 Å². The second kappa shape index (κ2) is 8.78. The summed E-state index contributed by atoms with van der Waals surface area (Å²) in [6.45, 7) is 7.93. The maximum atomic E-state index is 13.4. The molecule has 0 saturated carbocycles. The zero-order valence-electron chi connectivity index (χ0n) is 18.1. The van der Waals surface area contributed by atoms with Gasteiger partial charge in [0.05, 0.1) is 28.8 Å². The second-order valence-electron chi connectivity index (χ2n) is 8.65. The van der Waals surface area contributed by atoms with Crippen LogP contribution in [0.2, 0.25) is 0 Å². The van der Waals surface area contributed by atoms with E-state index in [1.54, 1.807) is 12.3 Å². The summed E-state index contributed by atoms with van der Waals surface area (Å²) >= 11 is 1.43. The van der Waals surface area contributed by atoms with Crippen molar-refractivity contribution in [2.45, 2.75) is 39.7 Å². The largest absolute Gasteiger partial charge is 0.370 e. The summed E-state index contributed by atoms with van der Waals surface area (Å²) in [5.41, 5.74) is 1.61. The molecule has 1 fully saturated rings. The summed E-state index contributed by atoms with van der Waals surface area (Å²) in [7, 11) is 0. The molecule has 31 heavy (non-hydrogen) atoms. The van der Waals surface area contributed by atoms with Crippen molar-refractivity contribution >= 4 is 34.7 Å². The number of piperidine rings is 1. The molecule has 0 spiro atoms. The van der Waals surface area contributed by atoms with Gasteiger partial charge in [0.1, 0.15) is 5.01 Å². The highest BCUT2D eigenvalue weighted by molar-refractivity contribution is 7.09. The van der Waals surface area contributed by atoms with E-state index in [0.29, 0.717) is 30.1 Å². The Balaban J connectivity index is 1.58. The van der Waals surface area contributed by atoms with Crippen molar-refractivity contribution in [2.75, 3.05) is 24.5 Å². The van der Waals surface area contributed by atoms with Gasteiger partial charge in [0.2, 0.25) is 5.91 Å². The molecular weight excluding hydrogens is 412 g/mol. The molecule has 2 atom stereocenters. The molecule has 2 aliphatic rings. The van der Waals surface area contributed by atoms with Crippen LogP contribution in [0, 0.1) is 11.8 Å². The van der Waals surface area contributed by atoms with Crippen LogP contribution >= 0.6 is 11.3 Å². The van der Waals surface area contributed by atoms with Gasteiger partial charge in [0.15, 0.2) is 0 Å². The molecule has 0 unspecified atom stereocenters. The molecule has 4 rings (SSSR count). The number of benzene rings is 1. The summed E-state index contributed by atoms with van der Waals surface area (Å²) in [6.07, 6.45) is 3.37. The summed E-state index contributed by atoms with van der Waals surface area (Å²) < 4.78 is 0. The number of nitrogens with one attached hydrogen (secondary N) is 1. The average Bonchev–Trinajstić information content (AvgIpc) is 3.39. The predicted molar refractivity (Wildman–Crippen MR) is 120 cm³/mol. The highest BCUT2D eigenvalue weighted by Gasteiger charge is 2.42. The van der Waals surface area contributed by atoms with E-state index < -0.39 is 6.04 Å². The third-order valence-electron chi connectivity index (χ3n) is 5.94. The maximum Gasteiger partial charge on any atom is 0.264 e. The van der Waals surface area contributed by atoms with E-state index in [9.17, 15) is 14.4 Å². The Morgan fingerprint density at radius 1 is 1.26 bits per heavy atom. The fourth-order valence-corrected chi connectivity index (χ4v) is 5.00. The molecule has 3 heterocycles. The Hall–Kier alpha value is -2.74. The number of aromatic nitrogens is 1. The fourth-order valence-electron chi connectivity index (χ4n) is 4.31. The number of carbonyl (C=O) groups is 3. The summed E-state index contributed by atoms with van der Waals surface area (Å²) in [4.78, 5) is 46.8. The first-order chi connectivity index (χ1) is 14.9. The van der Waals surface area contributed by atoms with E-state index in [-0.39, 0.29) is 23.6 Å². The van der Waals surface area contributed by atoms with Crippen LogP contribution in [-0.2, 0) is 4.79 Å². The number of hydrogen-bond acceptors (Lipinski definition) is 6. The molecule has 1 aromatic carbocycles. The number of fused-ring (bicyclic) bond motifs is 1. The molecule has 1 aromatic heterocycles. The third kappa shape index (κ3) is 4.08. The van der Waals surface area contributed by atoms with E-state index >= 15 is 0 Å². The van der Waals surface area contributed by atoms with Crippen LogP contribution < -0.4 is 10.2 Å². The van der Waals surface area contributed by atoms with Gasteiger partial charge in [-0.1, -0.05) is 19.9 Å². The zero-order chi connectivity index (χ0) is 22.1. The molecule has 164 valence electrons. The molecule has 0 radical (unpaired) electrons. The van der Waals surface area contributed by atoms with Gasteiger partial charge in [-0.2, -0.15) is 0 Å². The molecule has 3 amide bonds. The molecule has 2 aromatic rings. The highest BCUT2D eigenvalue weighted by Crippen LogP contribution is 2.37. The van der Waals surface area contributed by atoms with Crippen LogP contribution in [0.4, 0.5) is 5.69 Å². The van der Waals surface area contributed by atoms with Crippen LogP contribution in [0.3, 0.4) is 0 Å². The van der Waals surface area contributed by atoms with Crippen LogP contribution in [0.25, 0.3) is 0 Å². The van der Waals surface area contributed by atoms with Crippen LogP contribution in [0.5, 0.6) is 0 Å². The number of thiazole rings is 1. The van der Waals surface area contributed by atoms with Gasteiger partial charge in [-0.05, 0) is 37.8 Å². The van der Waals surface area contributed by atoms with Crippen molar-refractivity contribution in [3.8, 4) is 0 Å².